The van der Waals surface area contributed by atoms with Gasteiger partial charge in [0.2, 0.25) is 0 Å². The van der Waals surface area contributed by atoms with Gasteiger partial charge < -0.3 is 4.90 Å². The average molecular weight is 173 g/mol. The minimum absolute atomic E-state index is 0.748. The summed E-state index contributed by atoms with van der Waals surface area (Å²) in [5.41, 5.74) is 0. The van der Waals surface area contributed by atoms with Gasteiger partial charge in [0.05, 0.1) is 0 Å². The molecule has 2 heteroatoms. The van der Waals surface area contributed by atoms with E-state index in [1.807, 2.05) is 0 Å². The van der Waals surface area contributed by atoms with Crippen LogP contribution in [0.4, 0.5) is 0 Å². The Kier molecular flexibility index (Phi) is 5.02. The van der Waals surface area contributed by atoms with Crippen LogP contribution in [0.1, 0.15) is 12.8 Å². The van der Waals surface area contributed by atoms with Crippen LogP contribution in [0, 0.1) is 0 Å². The zero-order valence-electron chi connectivity index (χ0n) is 8.78. The molecular formula is C9H23NSi. The molecule has 0 radical (unpaired) electrons. The normalized spacial score (nSPS) is 12.5. The molecule has 0 N–H and O–H groups in total. The van der Waals surface area contributed by atoms with Crippen LogP contribution in [-0.2, 0) is 0 Å². The van der Waals surface area contributed by atoms with Crippen LogP contribution < -0.4 is 0 Å². The Hall–Kier alpha value is 0.177. The maximum atomic E-state index is 2.45. The number of rotatable bonds is 5. The van der Waals surface area contributed by atoms with Gasteiger partial charge in [0.15, 0.2) is 0 Å². The van der Waals surface area contributed by atoms with Crippen LogP contribution in [0.25, 0.3) is 0 Å². The SMILES string of the molecule is CN(C)CCCC[Si](C)(C)C. The van der Waals surface area contributed by atoms with Crippen molar-refractivity contribution in [3.05, 3.63) is 0 Å². The molecule has 0 saturated heterocycles. The minimum Gasteiger partial charge on any atom is -0.309 e. The largest absolute Gasteiger partial charge is 0.309 e. The molecule has 0 heterocycles. The number of nitrogens with zero attached hydrogens (tertiary/aromatic N) is 1. The first-order chi connectivity index (χ1) is 4.92. The molecule has 1 nitrogen and oxygen atoms in total. The lowest BCUT2D eigenvalue weighted by Gasteiger charge is -2.16. The van der Waals surface area contributed by atoms with E-state index in [0.29, 0.717) is 0 Å². The predicted molar refractivity (Wildman–Crippen MR) is 55.9 cm³/mol. The van der Waals surface area contributed by atoms with E-state index >= 15 is 0 Å². The number of hydrogen-bond acceptors (Lipinski definition) is 1. The maximum Gasteiger partial charge on any atom is 0.0442 e. The molecule has 0 rings (SSSR count). The summed E-state index contributed by atoms with van der Waals surface area (Å²) in [7, 11) is 3.55. The van der Waals surface area contributed by atoms with Crippen LogP contribution in [0.15, 0.2) is 0 Å². The number of hydrogen-bond donors (Lipinski definition) is 0. The van der Waals surface area contributed by atoms with Gasteiger partial charge in [-0.2, -0.15) is 0 Å². The summed E-state index contributed by atoms with van der Waals surface area (Å²) in [4.78, 5) is 2.27. The zero-order valence-corrected chi connectivity index (χ0v) is 9.78. The molecule has 0 aliphatic heterocycles. The van der Waals surface area contributed by atoms with Gasteiger partial charge in [0.1, 0.15) is 0 Å². The topological polar surface area (TPSA) is 3.24 Å². The van der Waals surface area contributed by atoms with Crippen molar-refractivity contribution in [1.29, 1.82) is 0 Å². The van der Waals surface area contributed by atoms with Crippen molar-refractivity contribution < 1.29 is 0 Å². The van der Waals surface area contributed by atoms with Crippen LogP contribution >= 0.6 is 0 Å². The summed E-state index contributed by atoms with van der Waals surface area (Å²) in [5, 5.41) is 0. The Labute approximate surface area is 72.8 Å². The lowest BCUT2D eigenvalue weighted by molar-refractivity contribution is 0.397. The zero-order chi connectivity index (χ0) is 8.91. The van der Waals surface area contributed by atoms with E-state index in [0.717, 1.165) is 0 Å². The molecule has 0 aliphatic carbocycles. The van der Waals surface area contributed by atoms with Crippen molar-refractivity contribution in [2.75, 3.05) is 20.6 Å². The van der Waals surface area contributed by atoms with Crippen molar-refractivity contribution >= 4 is 8.07 Å². The fourth-order valence-electron chi connectivity index (χ4n) is 1.08. The van der Waals surface area contributed by atoms with Gasteiger partial charge in [-0.1, -0.05) is 32.1 Å². The monoisotopic (exact) mass is 173 g/mol. The van der Waals surface area contributed by atoms with Gasteiger partial charge in [-0.05, 0) is 27.1 Å². The van der Waals surface area contributed by atoms with Gasteiger partial charge >= 0.3 is 0 Å². The van der Waals surface area contributed by atoms with Crippen LogP contribution in [0.3, 0.4) is 0 Å². The third kappa shape index (κ3) is 10.2. The van der Waals surface area contributed by atoms with Gasteiger partial charge in [-0.25, -0.2) is 0 Å². The molecule has 0 spiro atoms. The second kappa shape index (κ2) is 4.94. The average Bonchev–Trinajstić information content (AvgIpc) is 1.78. The Morgan fingerprint density at radius 1 is 1.00 bits per heavy atom. The molecular weight excluding hydrogens is 150 g/mol. The summed E-state index contributed by atoms with van der Waals surface area (Å²) >= 11 is 0. The number of unbranched alkanes of at least 4 members (excludes halogenated alkanes) is 1. The van der Waals surface area contributed by atoms with Crippen molar-refractivity contribution in [3.63, 3.8) is 0 Å². The second-order valence-electron chi connectivity index (χ2n) is 4.82. The van der Waals surface area contributed by atoms with Crippen molar-refractivity contribution in [3.8, 4) is 0 Å². The predicted octanol–water partition coefficient (Wildman–Crippen LogP) is 2.67. The molecule has 68 valence electrons. The van der Waals surface area contributed by atoms with E-state index in [2.05, 4.69) is 38.6 Å². The molecule has 11 heavy (non-hydrogen) atoms. The third-order valence-corrected chi connectivity index (χ3v) is 3.64. The second-order valence-corrected chi connectivity index (χ2v) is 10.4. The quantitative estimate of drug-likeness (QED) is 0.456. The molecule has 0 atom stereocenters. The Morgan fingerprint density at radius 3 is 1.91 bits per heavy atom. The standard InChI is InChI=1S/C9H23NSi/c1-10(2)8-6-7-9-11(3,4)5/h6-9H2,1-5H3. The molecule has 0 aliphatic rings. The highest BCUT2D eigenvalue weighted by molar-refractivity contribution is 6.76. The van der Waals surface area contributed by atoms with Gasteiger partial charge in [0, 0.05) is 8.07 Å². The molecule has 0 bridgehead atoms. The molecule has 0 amide bonds. The summed E-state index contributed by atoms with van der Waals surface area (Å²) in [5.74, 6) is 0. The summed E-state index contributed by atoms with van der Waals surface area (Å²) < 4.78 is 0. The van der Waals surface area contributed by atoms with E-state index in [4.69, 9.17) is 0 Å². The first-order valence-corrected chi connectivity index (χ1v) is 8.27. The van der Waals surface area contributed by atoms with E-state index in [9.17, 15) is 0 Å². The lowest BCUT2D eigenvalue weighted by Crippen LogP contribution is -2.20. The van der Waals surface area contributed by atoms with Crippen molar-refractivity contribution in [2.24, 2.45) is 0 Å². The van der Waals surface area contributed by atoms with E-state index in [1.54, 1.807) is 0 Å². The fraction of sp³-hybridized carbons (Fsp3) is 1.00. The summed E-state index contributed by atoms with van der Waals surface area (Å²) in [6, 6.07) is 1.49. The van der Waals surface area contributed by atoms with E-state index in [1.165, 1.54) is 25.4 Å². The lowest BCUT2D eigenvalue weighted by atomic mass is 10.3. The van der Waals surface area contributed by atoms with Crippen LogP contribution in [0.5, 0.6) is 0 Å². The van der Waals surface area contributed by atoms with Gasteiger partial charge in [-0.15, -0.1) is 0 Å². The fourth-order valence-corrected chi connectivity index (χ4v) is 2.39. The molecule has 0 saturated carbocycles. The minimum atomic E-state index is -0.748. The highest BCUT2D eigenvalue weighted by atomic mass is 28.3. The van der Waals surface area contributed by atoms with Gasteiger partial charge in [-0.3, -0.25) is 0 Å². The molecule has 0 unspecified atom stereocenters. The first kappa shape index (κ1) is 11.2. The maximum absolute atomic E-state index is 2.45. The Bertz CT molecular complexity index is 94.2. The van der Waals surface area contributed by atoms with Crippen molar-refractivity contribution in [1.82, 2.24) is 4.90 Å². The smallest absolute Gasteiger partial charge is 0.0442 e. The summed E-state index contributed by atoms with van der Waals surface area (Å²) in [6.07, 6.45) is 2.80. The molecule has 0 aromatic carbocycles. The van der Waals surface area contributed by atoms with Gasteiger partial charge in [0.25, 0.3) is 0 Å². The van der Waals surface area contributed by atoms with Crippen molar-refractivity contribution in [2.45, 2.75) is 38.5 Å². The first-order valence-electron chi connectivity index (χ1n) is 4.56. The molecule has 0 aromatic heterocycles. The summed E-state index contributed by atoms with van der Waals surface area (Å²) in [6.45, 7) is 8.60. The molecule has 0 fully saturated rings. The van der Waals surface area contributed by atoms with E-state index < -0.39 is 8.07 Å². The molecule has 0 aromatic rings. The van der Waals surface area contributed by atoms with Crippen LogP contribution in [0.2, 0.25) is 25.7 Å². The van der Waals surface area contributed by atoms with E-state index in [-0.39, 0.29) is 0 Å². The van der Waals surface area contributed by atoms with Crippen LogP contribution in [-0.4, -0.2) is 33.6 Å². The third-order valence-electron chi connectivity index (χ3n) is 1.78. The Balaban J connectivity index is 3.15. The highest BCUT2D eigenvalue weighted by Gasteiger charge is 2.11. The highest BCUT2D eigenvalue weighted by Crippen LogP contribution is 2.12. The Morgan fingerprint density at radius 2 is 1.55 bits per heavy atom.